The predicted molar refractivity (Wildman–Crippen MR) is 87.2 cm³/mol. The number of methoxy groups -OCH3 is 1. The number of hydrogen-bond acceptors (Lipinski definition) is 4. The number of hydrogen-bond donors (Lipinski definition) is 2. The van der Waals surface area contributed by atoms with Crippen LogP contribution in [0.5, 0.6) is 5.75 Å². The van der Waals surface area contributed by atoms with Crippen LogP contribution in [0.15, 0.2) is 23.6 Å². The summed E-state index contributed by atoms with van der Waals surface area (Å²) in [5.41, 5.74) is 3.86. The van der Waals surface area contributed by atoms with E-state index in [1.165, 1.54) is 4.70 Å². The molecule has 20 heavy (non-hydrogen) atoms. The molecular weight excluding hydrogens is 292 g/mol. The fourth-order valence-corrected chi connectivity index (χ4v) is 2.84. The second kappa shape index (κ2) is 7.42. The number of hydroxylamine groups is 1. The van der Waals surface area contributed by atoms with E-state index >= 15 is 0 Å². The molecule has 0 atom stereocenters. The topological polar surface area (TPSA) is 42.5 Å². The molecule has 0 aliphatic heterocycles. The molecule has 1 aromatic carbocycles. The first-order chi connectivity index (χ1) is 9.74. The van der Waals surface area contributed by atoms with Crippen molar-refractivity contribution < 1.29 is 9.57 Å². The number of fused-ring (bicyclic) bond motifs is 1. The summed E-state index contributed by atoms with van der Waals surface area (Å²) in [7, 11) is 1.67. The quantitative estimate of drug-likeness (QED) is 0.633. The molecule has 0 unspecified atom stereocenters. The highest BCUT2D eigenvalue weighted by molar-refractivity contribution is 7.80. The van der Waals surface area contributed by atoms with Gasteiger partial charge in [-0.2, -0.15) is 0 Å². The lowest BCUT2D eigenvalue weighted by molar-refractivity contribution is 0.0715. The predicted octanol–water partition coefficient (Wildman–Crippen LogP) is 3.22. The molecule has 1 aromatic heterocycles. The van der Waals surface area contributed by atoms with Gasteiger partial charge in [-0.3, -0.25) is 4.84 Å². The summed E-state index contributed by atoms with van der Waals surface area (Å²) in [6, 6.07) is 6.05. The van der Waals surface area contributed by atoms with Crippen molar-refractivity contribution >= 4 is 38.8 Å². The van der Waals surface area contributed by atoms with Gasteiger partial charge in [0, 0.05) is 16.6 Å². The third-order valence-electron chi connectivity index (χ3n) is 2.79. The first-order valence-electron chi connectivity index (χ1n) is 6.44. The summed E-state index contributed by atoms with van der Waals surface area (Å²) in [4.78, 5) is 5.43. The Morgan fingerprint density at radius 1 is 1.40 bits per heavy atom. The fourth-order valence-electron chi connectivity index (χ4n) is 1.75. The zero-order valence-electron chi connectivity index (χ0n) is 11.6. The van der Waals surface area contributed by atoms with Crippen LogP contribution in [0, 0.1) is 0 Å². The molecule has 0 radical (unpaired) electrons. The van der Waals surface area contributed by atoms with E-state index in [9.17, 15) is 0 Å². The van der Waals surface area contributed by atoms with E-state index in [1.807, 2.05) is 12.1 Å². The number of benzene rings is 1. The van der Waals surface area contributed by atoms with E-state index in [0.29, 0.717) is 11.7 Å². The SMILES string of the molecule is CCCNC(=S)NOCc1csc2ccc(OC)cc12. The van der Waals surface area contributed by atoms with Gasteiger partial charge in [0.15, 0.2) is 5.11 Å². The van der Waals surface area contributed by atoms with E-state index in [4.69, 9.17) is 21.8 Å². The molecule has 0 spiro atoms. The van der Waals surface area contributed by atoms with E-state index in [-0.39, 0.29) is 0 Å². The standard InChI is InChI=1S/C14H18N2O2S2/c1-3-6-15-14(19)16-18-8-10-9-20-13-5-4-11(17-2)7-12(10)13/h4-5,7,9H,3,6,8H2,1-2H3,(H2,15,16,19). The Hall–Kier alpha value is -1.37. The van der Waals surface area contributed by atoms with Gasteiger partial charge in [0.05, 0.1) is 7.11 Å². The minimum Gasteiger partial charge on any atom is -0.497 e. The van der Waals surface area contributed by atoms with Crippen molar-refractivity contribution in [1.82, 2.24) is 10.8 Å². The number of ether oxygens (including phenoxy) is 1. The lowest BCUT2D eigenvalue weighted by atomic mass is 10.2. The molecule has 2 aromatic rings. The molecule has 1 heterocycles. The van der Waals surface area contributed by atoms with Gasteiger partial charge in [-0.1, -0.05) is 6.92 Å². The Balaban J connectivity index is 1.94. The van der Waals surface area contributed by atoms with Crippen LogP contribution in [0.4, 0.5) is 0 Å². The van der Waals surface area contributed by atoms with Crippen molar-refractivity contribution in [2.24, 2.45) is 0 Å². The lowest BCUT2D eigenvalue weighted by Crippen LogP contribution is -2.35. The summed E-state index contributed by atoms with van der Waals surface area (Å²) in [6.07, 6.45) is 1.02. The minimum atomic E-state index is 0.459. The first-order valence-corrected chi connectivity index (χ1v) is 7.73. The highest BCUT2D eigenvalue weighted by Gasteiger charge is 2.06. The van der Waals surface area contributed by atoms with Crippen molar-refractivity contribution in [2.45, 2.75) is 20.0 Å². The average molecular weight is 310 g/mol. The van der Waals surface area contributed by atoms with Crippen LogP contribution in [0.25, 0.3) is 10.1 Å². The summed E-state index contributed by atoms with van der Waals surface area (Å²) < 4.78 is 6.47. The van der Waals surface area contributed by atoms with Crippen molar-refractivity contribution in [3.63, 3.8) is 0 Å². The summed E-state index contributed by atoms with van der Waals surface area (Å²) in [6.45, 7) is 3.39. The van der Waals surface area contributed by atoms with E-state index in [0.717, 1.165) is 29.7 Å². The van der Waals surface area contributed by atoms with Crippen molar-refractivity contribution in [1.29, 1.82) is 0 Å². The highest BCUT2D eigenvalue weighted by Crippen LogP contribution is 2.29. The monoisotopic (exact) mass is 310 g/mol. The summed E-state index contributed by atoms with van der Waals surface area (Å²) in [5.74, 6) is 0.852. The highest BCUT2D eigenvalue weighted by atomic mass is 32.1. The van der Waals surface area contributed by atoms with Crippen LogP contribution in [0.1, 0.15) is 18.9 Å². The molecule has 0 saturated heterocycles. The second-order valence-corrected chi connectivity index (χ2v) is 5.59. The Bertz CT molecular complexity index is 584. The minimum absolute atomic E-state index is 0.459. The number of thiocarbonyl (C=S) groups is 1. The molecule has 0 amide bonds. The zero-order chi connectivity index (χ0) is 14.4. The van der Waals surface area contributed by atoms with Crippen LogP contribution >= 0.6 is 23.6 Å². The third-order valence-corrected chi connectivity index (χ3v) is 4.03. The maximum Gasteiger partial charge on any atom is 0.190 e. The van der Waals surface area contributed by atoms with Crippen LogP contribution in [0.3, 0.4) is 0 Å². The molecule has 2 rings (SSSR count). The number of rotatable bonds is 6. The van der Waals surface area contributed by atoms with Gasteiger partial charge in [-0.25, -0.2) is 5.48 Å². The lowest BCUT2D eigenvalue weighted by Gasteiger charge is -2.09. The van der Waals surface area contributed by atoms with Crippen molar-refractivity contribution in [3.8, 4) is 5.75 Å². The Kier molecular flexibility index (Phi) is 5.58. The maximum atomic E-state index is 5.43. The van der Waals surface area contributed by atoms with Gasteiger partial charge in [0.25, 0.3) is 0 Å². The van der Waals surface area contributed by atoms with Crippen LogP contribution in [-0.4, -0.2) is 18.8 Å². The van der Waals surface area contributed by atoms with E-state index in [1.54, 1.807) is 18.4 Å². The largest absolute Gasteiger partial charge is 0.497 e. The van der Waals surface area contributed by atoms with Crippen molar-refractivity contribution in [2.75, 3.05) is 13.7 Å². The molecule has 0 aliphatic carbocycles. The van der Waals surface area contributed by atoms with E-state index < -0.39 is 0 Å². The van der Waals surface area contributed by atoms with Gasteiger partial charge < -0.3 is 10.1 Å². The van der Waals surface area contributed by atoms with Gasteiger partial charge in [0.2, 0.25) is 0 Å². The van der Waals surface area contributed by atoms with Crippen molar-refractivity contribution in [3.05, 3.63) is 29.1 Å². The van der Waals surface area contributed by atoms with Gasteiger partial charge in [0.1, 0.15) is 12.4 Å². The molecule has 6 heteroatoms. The van der Waals surface area contributed by atoms with Crippen LogP contribution in [0.2, 0.25) is 0 Å². The van der Waals surface area contributed by atoms with Gasteiger partial charge >= 0.3 is 0 Å². The second-order valence-electron chi connectivity index (χ2n) is 4.27. The number of nitrogens with one attached hydrogen (secondary N) is 2. The van der Waals surface area contributed by atoms with Crippen LogP contribution in [-0.2, 0) is 11.4 Å². The third kappa shape index (κ3) is 3.82. The molecule has 0 fully saturated rings. The average Bonchev–Trinajstić information content (AvgIpc) is 2.87. The Morgan fingerprint density at radius 2 is 2.25 bits per heavy atom. The Labute approximate surface area is 128 Å². The molecule has 4 nitrogen and oxygen atoms in total. The van der Waals surface area contributed by atoms with Crippen LogP contribution < -0.4 is 15.5 Å². The molecule has 108 valence electrons. The van der Waals surface area contributed by atoms with E-state index in [2.05, 4.69) is 29.2 Å². The summed E-state index contributed by atoms with van der Waals surface area (Å²) in [5, 5.41) is 6.81. The maximum absolute atomic E-state index is 5.43. The van der Waals surface area contributed by atoms with Gasteiger partial charge in [-0.15, -0.1) is 11.3 Å². The molecule has 0 bridgehead atoms. The normalized spacial score (nSPS) is 10.5. The Morgan fingerprint density at radius 3 is 3.00 bits per heavy atom. The van der Waals surface area contributed by atoms with Gasteiger partial charge in [-0.05, 0) is 47.8 Å². The number of thiophene rings is 1. The molecule has 0 aliphatic rings. The summed E-state index contributed by atoms with van der Waals surface area (Å²) >= 11 is 6.78. The molecular formula is C14H18N2O2S2. The first kappa shape index (κ1) is 15.0. The molecule has 0 saturated carbocycles. The molecule has 2 N–H and O–H groups in total. The zero-order valence-corrected chi connectivity index (χ0v) is 13.2. The fraction of sp³-hybridized carbons (Fsp3) is 0.357. The smallest absolute Gasteiger partial charge is 0.190 e.